The second kappa shape index (κ2) is 3.58. The van der Waals surface area contributed by atoms with Crippen LogP contribution in [0.2, 0.25) is 0 Å². The summed E-state index contributed by atoms with van der Waals surface area (Å²) in [6.45, 7) is 0. The zero-order valence-corrected chi connectivity index (χ0v) is 9.24. The zero-order chi connectivity index (χ0) is 11.1. The number of nitrogens with one attached hydrogen (secondary N) is 1. The van der Waals surface area contributed by atoms with Crippen molar-refractivity contribution in [1.29, 1.82) is 0 Å². The highest BCUT2D eigenvalue weighted by atomic mass is 32.2. The number of sulfonamides is 1. The van der Waals surface area contributed by atoms with Crippen molar-refractivity contribution in [2.24, 2.45) is 12.8 Å². The van der Waals surface area contributed by atoms with Crippen LogP contribution < -0.4 is 10.5 Å². The van der Waals surface area contributed by atoms with Crippen LogP contribution in [0.1, 0.15) is 12.8 Å². The van der Waals surface area contributed by atoms with E-state index in [1.807, 2.05) is 0 Å². The number of rotatable bonds is 3. The Morgan fingerprint density at radius 2 is 2.27 bits per heavy atom. The van der Waals surface area contributed by atoms with Gasteiger partial charge in [0.2, 0.25) is 0 Å². The molecule has 0 spiro atoms. The van der Waals surface area contributed by atoms with Gasteiger partial charge in [0.1, 0.15) is 0 Å². The van der Waals surface area contributed by atoms with Gasteiger partial charge in [-0.15, -0.1) is 0 Å². The molecule has 0 aromatic carbocycles. The molecule has 0 radical (unpaired) electrons. The fraction of sp³-hybridized carbons (Fsp3) is 0.625. The minimum atomic E-state index is -3.46. The van der Waals surface area contributed by atoms with E-state index >= 15 is 0 Å². The second-order valence-electron chi connectivity index (χ2n) is 3.93. The van der Waals surface area contributed by atoms with Crippen molar-refractivity contribution >= 4 is 10.0 Å². The van der Waals surface area contributed by atoms with Gasteiger partial charge >= 0.3 is 0 Å². The monoisotopic (exact) mass is 230 g/mol. The van der Waals surface area contributed by atoms with Crippen LogP contribution in [0.25, 0.3) is 0 Å². The molecule has 1 saturated carbocycles. The summed E-state index contributed by atoms with van der Waals surface area (Å²) in [5.41, 5.74) is 5.58. The minimum absolute atomic E-state index is 0.0352. The lowest BCUT2D eigenvalue weighted by Gasteiger charge is -2.32. The molecule has 0 unspecified atom stereocenters. The summed E-state index contributed by atoms with van der Waals surface area (Å²) >= 11 is 0. The Kier molecular flexibility index (Phi) is 2.53. The van der Waals surface area contributed by atoms with Crippen LogP contribution >= 0.6 is 0 Å². The lowest BCUT2D eigenvalue weighted by atomic mass is 9.89. The van der Waals surface area contributed by atoms with Crippen LogP contribution in [0, 0.1) is 0 Å². The van der Waals surface area contributed by atoms with Crippen molar-refractivity contribution < 1.29 is 8.42 Å². The average Bonchev–Trinajstić information content (AvgIpc) is 2.49. The first-order chi connectivity index (χ1) is 6.97. The third-order valence-electron chi connectivity index (χ3n) is 2.45. The van der Waals surface area contributed by atoms with E-state index in [9.17, 15) is 8.42 Å². The molecule has 1 heterocycles. The number of nitrogens with two attached hydrogens (primary N) is 1. The molecule has 0 aliphatic heterocycles. The molecule has 1 aromatic heterocycles. The summed E-state index contributed by atoms with van der Waals surface area (Å²) in [4.78, 5) is 3.80. The SMILES string of the molecule is Cn1cnc(S(=O)(=O)NC2CC(N)C2)c1. The third-order valence-corrected chi connectivity index (χ3v) is 3.86. The lowest BCUT2D eigenvalue weighted by molar-refractivity contribution is 0.327. The van der Waals surface area contributed by atoms with Gasteiger partial charge in [-0.05, 0) is 12.8 Å². The van der Waals surface area contributed by atoms with Crippen LogP contribution in [-0.2, 0) is 17.1 Å². The van der Waals surface area contributed by atoms with Crippen molar-refractivity contribution in [3.8, 4) is 0 Å². The predicted molar refractivity (Wildman–Crippen MR) is 54.5 cm³/mol. The quantitative estimate of drug-likeness (QED) is 0.710. The van der Waals surface area contributed by atoms with E-state index in [0.29, 0.717) is 12.8 Å². The first-order valence-corrected chi connectivity index (χ1v) is 6.21. The third kappa shape index (κ3) is 2.19. The van der Waals surface area contributed by atoms with E-state index in [4.69, 9.17) is 5.73 Å². The van der Waals surface area contributed by atoms with E-state index in [0.717, 1.165) is 0 Å². The maximum absolute atomic E-state index is 11.7. The molecule has 0 bridgehead atoms. The molecule has 1 aliphatic carbocycles. The Bertz CT molecular complexity index is 447. The van der Waals surface area contributed by atoms with Crippen molar-refractivity contribution in [2.75, 3.05) is 0 Å². The first kappa shape index (κ1) is 10.6. The number of hydrogen-bond acceptors (Lipinski definition) is 4. The lowest BCUT2D eigenvalue weighted by Crippen LogP contribution is -2.50. The van der Waals surface area contributed by atoms with Crippen LogP contribution in [0.4, 0.5) is 0 Å². The average molecular weight is 230 g/mol. The molecular weight excluding hydrogens is 216 g/mol. The van der Waals surface area contributed by atoms with E-state index in [2.05, 4.69) is 9.71 Å². The highest BCUT2D eigenvalue weighted by Gasteiger charge is 2.30. The van der Waals surface area contributed by atoms with Crippen LogP contribution in [0.15, 0.2) is 17.6 Å². The highest BCUT2D eigenvalue weighted by molar-refractivity contribution is 7.89. The van der Waals surface area contributed by atoms with Crippen molar-refractivity contribution in [3.05, 3.63) is 12.5 Å². The molecule has 3 N–H and O–H groups in total. The fourth-order valence-electron chi connectivity index (χ4n) is 1.57. The zero-order valence-electron chi connectivity index (χ0n) is 8.42. The summed E-state index contributed by atoms with van der Waals surface area (Å²) in [5.74, 6) is 0. The Morgan fingerprint density at radius 3 is 2.73 bits per heavy atom. The molecule has 15 heavy (non-hydrogen) atoms. The van der Waals surface area contributed by atoms with Crippen LogP contribution in [0.3, 0.4) is 0 Å². The first-order valence-electron chi connectivity index (χ1n) is 4.73. The highest BCUT2D eigenvalue weighted by Crippen LogP contribution is 2.19. The smallest absolute Gasteiger partial charge is 0.259 e. The maximum Gasteiger partial charge on any atom is 0.259 e. The molecular formula is C8H14N4O2S. The van der Waals surface area contributed by atoms with E-state index < -0.39 is 10.0 Å². The Morgan fingerprint density at radius 1 is 1.60 bits per heavy atom. The molecule has 7 heteroatoms. The van der Waals surface area contributed by atoms with Gasteiger partial charge in [0, 0.05) is 25.3 Å². The molecule has 0 atom stereocenters. The summed E-state index contributed by atoms with van der Waals surface area (Å²) in [6.07, 6.45) is 4.33. The van der Waals surface area contributed by atoms with Crippen LogP contribution in [-0.4, -0.2) is 30.1 Å². The van der Waals surface area contributed by atoms with Gasteiger partial charge in [0.05, 0.1) is 6.33 Å². The van der Waals surface area contributed by atoms with Crippen molar-refractivity contribution in [1.82, 2.24) is 14.3 Å². The predicted octanol–water partition coefficient (Wildman–Crippen LogP) is -0.812. The topological polar surface area (TPSA) is 90.0 Å². The summed E-state index contributed by atoms with van der Waals surface area (Å²) in [5, 5.41) is 0.0606. The standard InChI is InChI=1S/C8H14N4O2S/c1-12-4-8(10-5-12)15(13,14)11-7-2-6(9)3-7/h4-7,11H,2-3,9H2,1H3. The van der Waals surface area contributed by atoms with Gasteiger partial charge in [-0.3, -0.25) is 0 Å². The molecule has 84 valence electrons. The largest absolute Gasteiger partial charge is 0.339 e. The van der Waals surface area contributed by atoms with Gasteiger partial charge in [-0.25, -0.2) is 18.1 Å². The Balaban J connectivity index is 2.07. The molecule has 1 aliphatic rings. The molecule has 0 saturated heterocycles. The van der Waals surface area contributed by atoms with E-state index in [1.165, 1.54) is 12.5 Å². The van der Waals surface area contributed by atoms with Crippen molar-refractivity contribution in [3.63, 3.8) is 0 Å². The molecule has 6 nitrogen and oxygen atoms in total. The number of aryl methyl sites for hydroxylation is 1. The number of imidazole rings is 1. The Labute approximate surface area is 88.5 Å². The molecule has 2 rings (SSSR count). The van der Waals surface area contributed by atoms with Gasteiger partial charge in [-0.2, -0.15) is 0 Å². The van der Waals surface area contributed by atoms with E-state index in [1.54, 1.807) is 11.6 Å². The van der Waals surface area contributed by atoms with Gasteiger partial charge < -0.3 is 10.3 Å². The number of aromatic nitrogens is 2. The number of nitrogens with zero attached hydrogens (tertiary/aromatic N) is 2. The molecule has 0 amide bonds. The van der Waals surface area contributed by atoms with Crippen molar-refractivity contribution in [2.45, 2.75) is 30.0 Å². The summed E-state index contributed by atoms with van der Waals surface area (Å²) < 4.78 is 27.6. The van der Waals surface area contributed by atoms with Gasteiger partial charge in [-0.1, -0.05) is 0 Å². The normalized spacial score (nSPS) is 26.3. The van der Waals surface area contributed by atoms with Gasteiger partial charge in [0.15, 0.2) is 5.03 Å². The Hall–Kier alpha value is -0.920. The van der Waals surface area contributed by atoms with Gasteiger partial charge in [0.25, 0.3) is 10.0 Å². The summed E-state index contributed by atoms with van der Waals surface area (Å²) in [6, 6.07) is 0.0911. The number of hydrogen-bond donors (Lipinski definition) is 2. The fourth-order valence-corrected chi connectivity index (χ4v) is 2.81. The maximum atomic E-state index is 11.7. The van der Waals surface area contributed by atoms with Crippen LogP contribution in [0.5, 0.6) is 0 Å². The minimum Gasteiger partial charge on any atom is -0.339 e. The molecule has 1 fully saturated rings. The molecule has 1 aromatic rings. The second-order valence-corrected chi connectivity index (χ2v) is 5.59. The van der Waals surface area contributed by atoms with E-state index in [-0.39, 0.29) is 17.1 Å². The summed E-state index contributed by atoms with van der Waals surface area (Å²) in [7, 11) is -1.73.